The number of carbonyl (C=O) groups is 1. The summed E-state index contributed by atoms with van der Waals surface area (Å²) >= 11 is 0. The number of Topliss-reactive ketones (excluding diaryl/α,β-unsaturated/α-hetero) is 1. The Hall–Kier alpha value is -4.55. The van der Waals surface area contributed by atoms with Gasteiger partial charge < -0.3 is 14.5 Å². The van der Waals surface area contributed by atoms with Crippen molar-refractivity contribution in [1.82, 2.24) is 14.3 Å². The Kier molecular flexibility index (Phi) is 6.55. The van der Waals surface area contributed by atoms with Gasteiger partial charge >= 0.3 is 17.5 Å². The van der Waals surface area contributed by atoms with Crippen molar-refractivity contribution in [2.45, 2.75) is 18.7 Å². The zero-order chi connectivity index (χ0) is 27.1. The number of aryl methyl sites for hydroxylation is 1. The van der Waals surface area contributed by atoms with E-state index >= 15 is 0 Å². The first kappa shape index (κ1) is 25.5. The summed E-state index contributed by atoms with van der Waals surface area (Å²) in [4.78, 5) is 41.0. The lowest BCUT2D eigenvalue weighted by molar-refractivity contribution is -0.275. The minimum atomic E-state index is -5.14. The van der Waals surface area contributed by atoms with Crippen LogP contribution in [0.2, 0.25) is 0 Å². The Bertz CT molecular complexity index is 1650. The number of hydrogen-bond acceptors (Lipinski definition) is 6. The van der Waals surface area contributed by atoms with Crippen molar-refractivity contribution in [1.29, 1.82) is 0 Å². The summed E-state index contributed by atoms with van der Waals surface area (Å²) in [5.41, 5.74) is -2.56. The van der Waals surface area contributed by atoms with Crippen LogP contribution in [-0.4, -0.2) is 31.6 Å². The minimum absolute atomic E-state index is 0.0000138. The molecule has 37 heavy (non-hydrogen) atoms. The quantitative estimate of drug-likeness (QED) is 0.179. The lowest BCUT2D eigenvalue weighted by Crippen LogP contribution is -2.39. The summed E-state index contributed by atoms with van der Waals surface area (Å²) in [5, 5.41) is 9.93. The molecule has 1 atom stereocenters. The molecule has 0 aliphatic rings. The number of halogens is 5. The van der Waals surface area contributed by atoms with Gasteiger partial charge in [-0.05, 0) is 48.0 Å². The molecule has 2 heterocycles. The van der Waals surface area contributed by atoms with Gasteiger partial charge in [-0.15, -0.1) is 17.9 Å². The third-order valence-electron chi connectivity index (χ3n) is 5.66. The van der Waals surface area contributed by atoms with Gasteiger partial charge in [-0.2, -0.15) is 0 Å². The highest BCUT2D eigenvalue weighted by Crippen LogP contribution is 2.34. The first-order valence-corrected chi connectivity index (χ1v) is 10.5. The van der Waals surface area contributed by atoms with E-state index in [1.54, 1.807) is 0 Å². The molecule has 13 heteroatoms. The van der Waals surface area contributed by atoms with Gasteiger partial charge in [-0.25, -0.2) is 8.78 Å². The first-order chi connectivity index (χ1) is 17.4. The highest BCUT2D eigenvalue weighted by atomic mass is 19.4. The molecule has 0 aliphatic heterocycles. The Labute approximate surface area is 203 Å². The molecule has 1 N–H and O–H groups in total. The van der Waals surface area contributed by atoms with Gasteiger partial charge in [0.15, 0.2) is 17.3 Å². The average Bonchev–Trinajstić information content (AvgIpc) is 2.85. The van der Waals surface area contributed by atoms with Crippen LogP contribution in [0.3, 0.4) is 0 Å². The zero-order valence-corrected chi connectivity index (χ0v) is 18.8. The van der Waals surface area contributed by atoms with Crippen molar-refractivity contribution in [3.63, 3.8) is 0 Å². The summed E-state index contributed by atoms with van der Waals surface area (Å²) in [5.74, 6) is -5.16. The molecule has 2 aromatic carbocycles. The fraction of sp³-hybridized carbons (Fsp3) is 0.167. The highest BCUT2D eigenvalue weighted by Gasteiger charge is 2.33. The molecule has 0 amide bonds. The molecule has 4 aromatic rings. The van der Waals surface area contributed by atoms with Crippen LogP contribution >= 0.6 is 0 Å². The maximum absolute atomic E-state index is 14.6. The fourth-order valence-electron chi connectivity index (χ4n) is 3.87. The summed E-state index contributed by atoms with van der Waals surface area (Å²) in [6.45, 7) is 0. The molecule has 2 aromatic heterocycles. The van der Waals surface area contributed by atoms with Gasteiger partial charge in [0.25, 0.3) is 0 Å². The molecule has 0 spiro atoms. The maximum Gasteiger partial charge on any atom is 0.573 e. The van der Waals surface area contributed by atoms with Crippen LogP contribution in [0.1, 0.15) is 34.0 Å². The molecule has 4 rings (SSSR count). The van der Waals surface area contributed by atoms with Crippen molar-refractivity contribution in [3.05, 3.63) is 104 Å². The van der Waals surface area contributed by atoms with E-state index in [1.165, 1.54) is 37.5 Å². The van der Waals surface area contributed by atoms with Crippen molar-refractivity contribution < 1.29 is 36.7 Å². The van der Waals surface area contributed by atoms with E-state index in [0.717, 1.165) is 16.7 Å². The highest BCUT2D eigenvalue weighted by molar-refractivity contribution is 5.99. The Balaban J connectivity index is 1.76. The first-order valence-electron chi connectivity index (χ1n) is 10.5. The second-order valence-corrected chi connectivity index (χ2v) is 7.97. The van der Waals surface area contributed by atoms with Crippen LogP contribution in [0.5, 0.6) is 5.75 Å². The largest absolute Gasteiger partial charge is 0.573 e. The molecule has 0 saturated carbocycles. The number of ether oxygens (including phenoxy) is 1. The van der Waals surface area contributed by atoms with Crippen LogP contribution in [-0.2, 0) is 7.05 Å². The fourth-order valence-corrected chi connectivity index (χ4v) is 3.87. The zero-order valence-electron chi connectivity index (χ0n) is 18.8. The van der Waals surface area contributed by atoms with Gasteiger partial charge in [-0.1, -0.05) is 6.07 Å². The number of alkyl halides is 3. The lowest BCUT2D eigenvalue weighted by Gasteiger charge is -2.18. The number of ketones is 1. The SMILES string of the molecule is Cn1c(=O)c(=O)n(O)c2ccc(C(=O)C[C@@H](c3ccc(OC(F)(F)F)c(F)c3)c3ncccc3F)cc21. The van der Waals surface area contributed by atoms with Crippen LogP contribution in [0.15, 0.2) is 64.3 Å². The number of rotatable bonds is 6. The van der Waals surface area contributed by atoms with E-state index in [-0.39, 0.29) is 32.6 Å². The van der Waals surface area contributed by atoms with E-state index in [1.807, 2.05) is 0 Å². The summed E-state index contributed by atoms with van der Waals surface area (Å²) in [6.07, 6.45) is -4.40. The number of carbonyl (C=O) groups excluding carboxylic acids is 1. The monoisotopic (exact) mass is 521 g/mol. The van der Waals surface area contributed by atoms with Crippen molar-refractivity contribution in [2.75, 3.05) is 0 Å². The Morgan fingerprint density at radius 3 is 2.41 bits per heavy atom. The van der Waals surface area contributed by atoms with Crippen molar-refractivity contribution in [2.24, 2.45) is 7.05 Å². The molecule has 0 aliphatic carbocycles. The van der Waals surface area contributed by atoms with E-state index in [9.17, 15) is 41.5 Å². The predicted octanol–water partition coefficient (Wildman–Crippen LogP) is 3.91. The predicted molar refractivity (Wildman–Crippen MR) is 119 cm³/mol. The van der Waals surface area contributed by atoms with E-state index in [4.69, 9.17) is 0 Å². The summed E-state index contributed by atoms with van der Waals surface area (Å²) in [6, 6.07) is 8.53. The molecule has 0 bridgehead atoms. The van der Waals surface area contributed by atoms with Crippen LogP contribution < -0.4 is 15.9 Å². The molecular formula is C24H16F5N3O5. The van der Waals surface area contributed by atoms with Crippen LogP contribution in [0.4, 0.5) is 22.0 Å². The molecule has 0 unspecified atom stereocenters. The molecule has 8 nitrogen and oxygen atoms in total. The van der Waals surface area contributed by atoms with Crippen molar-refractivity contribution >= 4 is 16.8 Å². The second kappa shape index (κ2) is 9.48. The molecule has 0 fully saturated rings. The number of pyridine rings is 1. The number of benzene rings is 2. The Morgan fingerprint density at radius 1 is 1.03 bits per heavy atom. The van der Waals surface area contributed by atoms with Crippen LogP contribution in [0, 0.1) is 11.6 Å². The van der Waals surface area contributed by atoms with E-state index in [0.29, 0.717) is 12.1 Å². The third kappa shape index (κ3) is 5.06. The maximum atomic E-state index is 14.6. The average molecular weight is 521 g/mol. The van der Waals surface area contributed by atoms with E-state index in [2.05, 4.69) is 9.72 Å². The van der Waals surface area contributed by atoms with E-state index < -0.39 is 53.0 Å². The summed E-state index contributed by atoms with van der Waals surface area (Å²) < 4.78 is 71.3. The third-order valence-corrected chi connectivity index (χ3v) is 5.66. The van der Waals surface area contributed by atoms with Gasteiger partial charge in [-0.3, -0.25) is 19.4 Å². The van der Waals surface area contributed by atoms with Gasteiger partial charge in [0.05, 0.1) is 11.2 Å². The smallest absolute Gasteiger partial charge is 0.425 e. The number of fused-ring (bicyclic) bond motifs is 1. The second-order valence-electron chi connectivity index (χ2n) is 7.97. The molecule has 192 valence electrons. The lowest BCUT2D eigenvalue weighted by atomic mass is 9.88. The number of aromatic nitrogens is 3. The van der Waals surface area contributed by atoms with Crippen molar-refractivity contribution in [3.8, 4) is 5.75 Å². The summed E-state index contributed by atoms with van der Waals surface area (Å²) in [7, 11) is 1.26. The van der Waals surface area contributed by atoms with Gasteiger partial charge in [0.2, 0.25) is 0 Å². The molecule has 0 saturated heterocycles. The number of hydrogen-bond donors (Lipinski definition) is 1. The topological polar surface area (TPSA) is 103 Å². The minimum Gasteiger partial charge on any atom is -0.425 e. The molecule has 0 radical (unpaired) electrons. The molecular weight excluding hydrogens is 505 g/mol. The van der Waals surface area contributed by atoms with Crippen LogP contribution in [0.25, 0.3) is 11.0 Å². The normalized spacial score (nSPS) is 12.5. The standard InChI is InChI=1S/C24H16F5N3O5/c1-31-18-10-13(4-6-17(18)32(36)23(35)22(31)34)19(33)11-14(21-15(25)3-2-8-30-21)12-5-7-20(16(26)9-12)37-24(27,28)29/h2-10,14,36H,11H2,1H3/t14-/m0/s1. The Morgan fingerprint density at radius 2 is 1.76 bits per heavy atom. The number of nitrogens with zero attached hydrogens (tertiary/aromatic N) is 3. The van der Waals surface area contributed by atoms with Gasteiger partial charge in [0.1, 0.15) is 11.3 Å². The van der Waals surface area contributed by atoms with Gasteiger partial charge in [0, 0.05) is 31.1 Å².